The number of nitrogens with zero attached hydrogens (tertiary/aromatic N) is 3. The van der Waals surface area contributed by atoms with Crippen LogP contribution in [0, 0.1) is 6.92 Å². The lowest BCUT2D eigenvalue weighted by Crippen LogP contribution is -2.66. The summed E-state index contributed by atoms with van der Waals surface area (Å²) in [5.41, 5.74) is 6.79. The van der Waals surface area contributed by atoms with Gasteiger partial charge in [-0.3, -0.25) is 9.89 Å². The maximum atomic E-state index is 12.0. The standard InChI is InChI=1S/C13H19N5O2/c1-8-9(7-15-16-8)13(2)10-3-4-11(19)17(10)5-6-18(13)12(14)20/h7,10H,3-6H2,1-2H3,(H2,14,20)(H,15,16). The molecule has 1 aromatic heterocycles. The van der Waals surface area contributed by atoms with Crippen LogP contribution in [-0.2, 0) is 10.3 Å². The summed E-state index contributed by atoms with van der Waals surface area (Å²) in [6.07, 6.45) is 3.01. The molecule has 0 saturated carbocycles. The lowest BCUT2D eigenvalue weighted by molar-refractivity contribution is -0.134. The first kappa shape index (κ1) is 13.0. The van der Waals surface area contributed by atoms with Crippen molar-refractivity contribution in [2.24, 2.45) is 5.73 Å². The summed E-state index contributed by atoms with van der Waals surface area (Å²) in [5.74, 6) is 0.159. The molecule has 2 atom stereocenters. The third kappa shape index (κ3) is 1.55. The van der Waals surface area contributed by atoms with Gasteiger partial charge in [0.1, 0.15) is 0 Å². The zero-order valence-electron chi connectivity index (χ0n) is 11.7. The second kappa shape index (κ2) is 4.22. The van der Waals surface area contributed by atoms with E-state index in [4.69, 9.17) is 5.73 Å². The molecule has 20 heavy (non-hydrogen) atoms. The predicted octanol–water partition coefficient (Wildman–Crippen LogP) is 0.319. The quantitative estimate of drug-likeness (QED) is 0.773. The van der Waals surface area contributed by atoms with Crippen molar-refractivity contribution < 1.29 is 9.59 Å². The number of H-pyrrole nitrogens is 1. The van der Waals surface area contributed by atoms with Gasteiger partial charge in [0.15, 0.2) is 0 Å². The van der Waals surface area contributed by atoms with Gasteiger partial charge in [-0.2, -0.15) is 5.10 Å². The van der Waals surface area contributed by atoms with E-state index >= 15 is 0 Å². The Morgan fingerprint density at radius 2 is 2.30 bits per heavy atom. The minimum atomic E-state index is -0.618. The molecule has 2 fully saturated rings. The first-order valence-electron chi connectivity index (χ1n) is 6.83. The van der Waals surface area contributed by atoms with E-state index in [0.717, 1.165) is 17.7 Å². The molecule has 0 bridgehead atoms. The lowest BCUT2D eigenvalue weighted by Gasteiger charge is -2.51. The molecule has 3 amide bonds. The maximum absolute atomic E-state index is 12.0. The normalized spacial score (nSPS) is 29.7. The number of aromatic amines is 1. The number of hydrogen-bond acceptors (Lipinski definition) is 3. The number of fused-ring (bicyclic) bond motifs is 1. The average Bonchev–Trinajstić information content (AvgIpc) is 2.97. The fourth-order valence-corrected chi connectivity index (χ4v) is 3.74. The van der Waals surface area contributed by atoms with E-state index in [1.165, 1.54) is 0 Å². The van der Waals surface area contributed by atoms with Crippen LogP contribution in [0.2, 0.25) is 0 Å². The Bertz CT molecular complexity index is 569. The van der Waals surface area contributed by atoms with E-state index in [-0.39, 0.29) is 11.9 Å². The first-order chi connectivity index (χ1) is 9.46. The number of urea groups is 1. The summed E-state index contributed by atoms with van der Waals surface area (Å²) in [6, 6.07) is -0.486. The molecular formula is C13H19N5O2. The van der Waals surface area contributed by atoms with Crippen LogP contribution in [0.1, 0.15) is 31.0 Å². The molecule has 3 heterocycles. The van der Waals surface area contributed by atoms with Gasteiger partial charge < -0.3 is 15.5 Å². The highest BCUT2D eigenvalue weighted by atomic mass is 16.2. The summed E-state index contributed by atoms with van der Waals surface area (Å²) in [6.45, 7) is 4.91. The fraction of sp³-hybridized carbons (Fsp3) is 0.615. The van der Waals surface area contributed by atoms with Crippen molar-refractivity contribution in [3.05, 3.63) is 17.5 Å². The van der Waals surface area contributed by atoms with Gasteiger partial charge in [-0.05, 0) is 20.3 Å². The van der Waals surface area contributed by atoms with Crippen LogP contribution in [0.3, 0.4) is 0 Å². The second-order valence-electron chi connectivity index (χ2n) is 5.69. The van der Waals surface area contributed by atoms with Crippen LogP contribution in [-0.4, -0.2) is 51.1 Å². The molecule has 0 radical (unpaired) electrons. The van der Waals surface area contributed by atoms with Crippen molar-refractivity contribution in [2.75, 3.05) is 13.1 Å². The lowest BCUT2D eigenvalue weighted by atomic mass is 9.80. The van der Waals surface area contributed by atoms with E-state index in [2.05, 4.69) is 10.2 Å². The Balaban J connectivity index is 2.12. The Morgan fingerprint density at radius 3 is 2.90 bits per heavy atom. The van der Waals surface area contributed by atoms with E-state index in [9.17, 15) is 9.59 Å². The third-order valence-corrected chi connectivity index (χ3v) is 4.74. The summed E-state index contributed by atoms with van der Waals surface area (Å²) in [4.78, 5) is 27.4. The van der Waals surface area contributed by atoms with E-state index in [1.54, 1.807) is 11.1 Å². The van der Waals surface area contributed by atoms with Crippen LogP contribution in [0.15, 0.2) is 6.20 Å². The molecule has 2 aliphatic rings. The molecule has 2 unspecified atom stereocenters. The predicted molar refractivity (Wildman–Crippen MR) is 71.7 cm³/mol. The number of aryl methyl sites for hydroxylation is 1. The molecule has 0 aliphatic carbocycles. The third-order valence-electron chi connectivity index (χ3n) is 4.74. The van der Waals surface area contributed by atoms with Gasteiger partial charge in [-0.15, -0.1) is 0 Å². The number of piperazine rings is 1. The molecular weight excluding hydrogens is 258 g/mol. The molecule has 7 heteroatoms. The topological polar surface area (TPSA) is 95.3 Å². The summed E-state index contributed by atoms with van der Waals surface area (Å²) < 4.78 is 0. The van der Waals surface area contributed by atoms with Crippen molar-refractivity contribution in [1.82, 2.24) is 20.0 Å². The number of primary amides is 1. The number of nitrogens with two attached hydrogens (primary N) is 1. The zero-order valence-corrected chi connectivity index (χ0v) is 11.7. The summed E-state index contributed by atoms with van der Waals surface area (Å²) >= 11 is 0. The molecule has 2 aliphatic heterocycles. The molecule has 3 N–H and O–H groups in total. The maximum Gasteiger partial charge on any atom is 0.315 e. The summed E-state index contributed by atoms with van der Waals surface area (Å²) in [5, 5.41) is 6.97. The van der Waals surface area contributed by atoms with E-state index < -0.39 is 11.6 Å². The Kier molecular flexibility index (Phi) is 2.74. The minimum Gasteiger partial charge on any atom is -0.351 e. The molecule has 2 saturated heterocycles. The van der Waals surface area contributed by atoms with E-state index in [1.807, 2.05) is 18.7 Å². The van der Waals surface area contributed by atoms with E-state index in [0.29, 0.717) is 19.5 Å². The average molecular weight is 277 g/mol. The number of rotatable bonds is 1. The molecule has 0 aromatic carbocycles. The SMILES string of the molecule is Cc1[nH]ncc1C1(C)C2CCC(=O)N2CCN1C(N)=O. The van der Waals surface area contributed by atoms with Crippen LogP contribution in [0.4, 0.5) is 4.79 Å². The molecule has 1 aromatic rings. The van der Waals surface area contributed by atoms with Crippen molar-refractivity contribution in [1.29, 1.82) is 0 Å². The first-order valence-corrected chi connectivity index (χ1v) is 6.83. The number of hydrogen-bond donors (Lipinski definition) is 2. The van der Waals surface area contributed by atoms with Crippen molar-refractivity contribution in [2.45, 2.75) is 38.3 Å². The smallest absolute Gasteiger partial charge is 0.315 e. The Hall–Kier alpha value is -2.05. The van der Waals surface area contributed by atoms with Crippen LogP contribution in [0.5, 0.6) is 0 Å². The minimum absolute atomic E-state index is 0.0347. The highest BCUT2D eigenvalue weighted by Gasteiger charge is 2.53. The van der Waals surface area contributed by atoms with Crippen molar-refractivity contribution in [3.63, 3.8) is 0 Å². The fourth-order valence-electron chi connectivity index (χ4n) is 3.74. The van der Waals surface area contributed by atoms with Gasteiger partial charge in [0.2, 0.25) is 5.91 Å². The molecule has 3 rings (SSSR count). The zero-order chi connectivity index (χ0) is 14.5. The monoisotopic (exact) mass is 277 g/mol. The van der Waals surface area contributed by atoms with Gasteiger partial charge >= 0.3 is 6.03 Å². The van der Waals surface area contributed by atoms with Crippen LogP contribution < -0.4 is 5.73 Å². The molecule has 108 valence electrons. The number of nitrogens with one attached hydrogen (secondary N) is 1. The van der Waals surface area contributed by atoms with Gasteiger partial charge in [0, 0.05) is 30.8 Å². The molecule has 0 spiro atoms. The number of amides is 3. The van der Waals surface area contributed by atoms with Gasteiger partial charge in [0.25, 0.3) is 0 Å². The Morgan fingerprint density at radius 1 is 1.55 bits per heavy atom. The second-order valence-corrected chi connectivity index (χ2v) is 5.69. The highest BCUT2D eigenvalue weighted by Crippen LogP contribution is 2.43. The largest absolute Gasteiger partial charge is 0.351 e. The van der Waals surface area contributed by atoms with Crippen molar-refractivity contribution >= 4 is 11.9 Å². The van der Waals surface area contributed by atoms with Gasteiger partial charge in [-0.1, -0.05) is 0 Å². The Labute approximate surface area is 117 Å². The number of aromatic nitrogens is 2. The number of carbonyl (C=O) groups excluding carboxylic acids is 2. The highest BCUT2D eigenvalue weighted by molar-refractivity contribution is 5.81. The van der Waals surface area contributed by atoms with Gasteiger partial charge in [-0.25, -0.2) is 4.79 Å². The number of carbonyl (C=O) groups is 2. The van der Waals surface area contributed by atoms with Crippen LogP contribution in [0.25, 0.3) is 0 Å². The van der Waals surface area contributed by atoms with Gasteiger partial charge in [0.05, 0.1) is 17.8 Å². The molecule has 7 nitrogen and oxygen atoms in total. The summed E-state index contributed by atoms with van der Waals surface area (Å²) in [7, 11) is 0. The van der Waals surface area contributed by atoms with Crippen LogP contribution >= 0.6 is 0 Å². The van der Waals surface area contributed by atoms with Crippen molar-refractivity contribution in [3.8, 4) is 0 Å².